The minimum Gasteiger partial charge on any atom is -0.480 e. The molecule has 4 nitrogen and oxygen atoms in total. The highest BCUT2D eigenvalue weighted by Gasteiger charge is 2.16. The summed E-state index contributed by atoms with van der Waals surface area (Å²) in [6, 6.07) is -0.609. The zero-order chi connectivity index (χ0) is 10.4. The molecule has 0 aromatic rings. The summed E-state index contributed by atoms with van der Waals surface area (Å²) in [4.78, 5) is 16.4. The lowest BCUT2D eigenvalue weighted by Crippen LogP contribution is -2.22. The predicted octanol–water partition coefficient (Wildman–Crippen LogP) is 1.08. The zero-order valence-electron chi connectivity index (χ0n) is 8.69. The van der Waals surface area contributed by atoms with E-state index in [1.807, 2.05) is 27.9 Å². The normalized spacial score (nSPS) is 13.6. The molecule has 0 amide bonds. The number of aliphatic carboxylic acids is 1. The van der Waals surface area contributed by atoms with Gasteiger partial charge in [-0.2, -0.15) is 0 Å². The van der Waals surface area contributed by atoms with Crippen LogP contribution >= 0.6 is 0 Å². The van der Waals surface area contributed by atoms with Gasteiger partial charge in [0.05, 0.1) is 6.34 Å². The van der Waals surface area contributed by atoms with Crippen molar-refractivity contribution in [1.29, 1.82) is 0 Å². The molecule has 0 aliphatic heterocycles. The van der Waals surface area contributed by atoms with Crippen molar-refractivity contribution in [1.82, 2.24) is 4.90 Å². The lowest BCUT2D eigenvalue weighted by molar-refractivity contribution is -0.138. The largest absolute Gasteiger partial charge is 0.480 e. The Balaban J connectivity index is 4.18. The van der Waals surface area contributed by atoms with Crippen LogP contribution in [-0.2, 0) is 4.79 Å². The molecule has 1 atom stereocenters. The highest BCUT2D eigenvalue weighted by atomic mass is 16.4. The fourth-order valence-corrected chi connectivity index (χ4v) is 0.886. The van der Waals surface area contributed by atoms with Crippen molar-refractivity contribution in [2.75, 3.05) is 14.1 Å². The highest BCUT2D eigenvalue weighted by molar-refractivity contribution is 5.75. The van der Waals surface area contributed by atoms with Crippen molar-refractivity contribution >= 4 is 12.3 Å². The molecule has 0 aromatic carbocycles. The summed E-state index contributed by atoms with van der Waals surface area (Å²) in [6.45, 7) is 3.97. The summed E-state index contributed by atoms with van der Waals surface area (Å²) in [6.07, 6.45) is 2.13. The van der Waals surface area contributed by atoms with Gasteiger partial charge in [-0.25, -0.2) is 4.79 Å². The van der Waals surface area contributed by atoms with Crippen molar-refractivity contribution in [2.24, 2.45) is 10.9 Å². The van der Waals surface area contributed by atoms with Gasteiger partial charge in [-0.3, -0.25) is 4.99 Å². The number of hydrogen-bond acceptors (Lipinski definition) is 2. The topological polar surface area (TPSA) is 52.9 Å². The Morgan fingerprint density at radius 1 is 1.54 bits per heavy atom. The van der Waals surface area contributed by atoms with Gasteiger partial charge in [-0.05, 0) is 12.3 Å². The molecule has 0 spiro atoms. The van der Waals surface area contributed by atoms with Gasteiger partial charge in [0.2, 0.25) is 0 Å². The first-order valence-corrected chi connectivity index (χ1v) is 4.36. The SMILES string of the molecule is CC(C)C[C@H](N=CN(C)C)C(=O)O. The van der Waals surface area contributed by atoms with E-state index in [9.17, 15) is 4.79 Å². The quantitative estimate of drug-likeness (QED) is 0.516. The molecule has 0 saturated carbocycles. The third-order valence-electron chi connectivity index (χ3n) is 1.46. The molecule has 0 aromatic heterocycles. The van der Waals surface area contributed by atoms with Crippen LogP contribution in [0, 0.1) is 5.92 Å². The van der Waals surface area contributed by atoms with E-state index in [1.54, 1.807) is 11.2 Å². The van der Waals surface area contributed by atoms with Gasteiger partial charge < -0.3 is 10.0 Å². The second-order valence-corrected chi connectivity index (χ2v) is 3.71. The van der Waals surface area contributed by atoms with E-state index in [-0.39, 0.29) is 0 Å². The lowest BCUT2D eigenvalue weighted by atomic mass is 10.0. The Kier molecular flexibility index (Phi) is 5.11. The van der Waals surface area contributed by atoms with E-state index < -0.39 is 12.0 Å². The molecule has 0 aliphatic carbocycles. The van der Waals surface area contributed by atoms with Crippen molar-refractivity contribution in [2.45, 2.75) is 26.3 Å². The number of nitrogens with zero attached hydrogens (tertiary/aromatic N) is 2. The van der Waals surface area contributed by atoms with Gasteiger partial charge in [-0.1, -0.05) is 13.8 Å². The Bertz CT molecular complexity index is 188. The molecular formula is C9H18N2O2. The average molecular weight is 186 g/mol. The maximum Gasteiger partial charge on any atom is 0.328 e. The summed E-state index contributed by atoms with van der Waals surface area (Å²) in [5.74, 6) is -0.507. The molecule has 76 valence electrons. The Labute approximate surface area is 79.3 Å². The van der Waals surface area contributed by atoms with E-state index in [0.717, 1.165) is 0 Å². The monoisotopic (exact) mass is 186 g/mol. The Morgan fingerprint density at radius 2 is 2.08 bits per heavy atom. The minimum atomic E-state index is -0.855. The van der Waals surface area contributed by atoms with Gasteiger partial charge in [0.25, 0.3) is 0 Å². The van der Waals surface area contributed by atoms with Crippen LogP contribution in [0.5, 0.6) is 0 Å². The Hall–Kier alpha value is -1.06. The number of rotatable bonds is 5. The van der Waals surface area contributed by atoms with E-state index in [1.165, 1.54) is 0 Å². The second-order valence-electron chi connectivity index (χ2n) is 3.71. The van der Waals surface area contributed by atoms with Gasteiger partial charge in [0.1, 0.15) is 6.04 Å². The van der Waals surface area contributed by atoms with Crippen molar-refractivity contribution in [3.05, 3.63) is 0 Å². The first-order chi connectivity index (χ1) is 5.93. The summed E-state index contributed by atoms with van der Waals surface area (Å²) in [5, 5.41) is 8.80. The number of aliphatic imine (C=N–C) groups is 1. The van der Waals surface area contributed by atoms with E-state index in [0.29, 0.717) is 12.3 Å². The molecule has 0 bridgehead atoms. The molecular weight excluding hydrogens is 168 g/mol. The van der Waals surface area contributed by atoms with E-state index >= 15 is 0 Å². The molecule has 0 radical (unpaired) electrons. The molecule has 13 heavy (non-hydrogen) atoms. The third-order valence-corrected chi connectivity index (χ3v) is 1.46. The number of carboxylic acid groups (broad SMARTS) is 1. The van der Waals surface area contributed by atoms with Crippen LogP contribution in [0.4, 0.5) is 0 Å². The number of carbonyl (C=O) groups is 1. The van der Waals surface area contributed by atoms with Crippen LogP contribution in [0.3, 0.4) is 0 Å². The zero-order valence-corrected chi connectivity index (χ0v) is 8.69. The minimum absolute atomic E-state index is 0.348. The maximum absolute atomic E-state index is 10.7. The van der Waals surface area contributed by atoms with Crippen molar-refractivity contribution in [3.8, 4) is 0 Å². The molecule has 0 rings (SSSR count). The second kappa shape index (κ2) is 5.56. The van der Waals surface area contributed by atoms with Crippen LogP contribution in [0.1, 0.15) is 20.3 Å². The summed E-state index contributed by atoms with van der Waals surface area (Å²) < 4.78 is 0. The molecule has 0 saturated heterocycles. The summed E-state index contributed by atoms with van der Waals surface area (Å²) >= 11 is 0. The summed E-state index contributed by atoms with van der Waals surface area (Å²) in [7, 11) is 3.63. The average Bonchev–Trinajstić information content (AvgIpc) is 1.96. The fourth-order valence-electron chi connectivity index (χ4n) is 0.886. The summed E-state index contributed by atoms with van der Waals surface area (Å²) in [5.41, 5.74) is 0. The van der Waals surface area contributed by atoms with Crippen LogP contribution in [0.25, 0.3) is 0 Å². The third kappa shape index (κ3) is 6.13. The smallest absolute Gasteiger partial charge is 0.328 e. The molecule has 0 fully saturated rings. The van der Waals surface area contributed by atoms with E-state index in [2.05, 4.69) is 4.99 Å². The lowest BCUT2D eigenvalue weighted by Gasteiger charge is -2.11. The molecule has 0 unspecified atom stereocenters. The Morgan fingerprint density at radius 3 is 2.38 bits per heavy atom. The molecule has 4 heteroatoms. The molecule has 1 N–H and O–H groups in total. The molecule has 0 heterocycles. The predicted molar refractivity (Wildman–Crippen MR) is 53.1 cm³/mol. The van der Waals surface area contributed by atoms with Gasteiger partial charge in [-0.15, -0.1) is 0 Å². The van der Waals surface area contributed by atoms with Gasteiger partial charge in [0, 0.05) is 14.1 Å². The number of hydrogen-bond donors (Lipinski definition) is 1. The first kappa shape index (κ1) is 11.9. The highest BCUT2D eigenvalue weighted by Crippen LogP contribution is 2.07. The van der Waals surface area contributed by atoms with Gasteiger partial charge in [0.15, 0.2) is 0 Å². The fraction of sp³-hybridized carbons (Fsp3) is 0.778. The van der Waals surface area contributed by atoms with Crippen molar-refractivity contribution in [3.63, 3.8) is 0 Å². The first-order valence-electron chi connectivity index (χ1n) is 4.36. The van der Waals surface area contributed by atoms with E-state index in [4.69, 9.17) is 5.11 Å². The van der Waals surface area contributed by atoms with Crippen LogP contribution in [0.2, 0.25) is 0 Å². The van der Waals surface area contributed by atoms with Crippen LogP contribution in [0.15, 0.2) is 4.99 Å². The molecule has 0 aliphatic rings. The van der Waals surface area contributed by atoms with Crippen LogP contribution < -0.4 is 0 Å². The standard InChI is InChI=1S/C9H18N2O2/c1-7(2)5-8(9(12)13)10-6-11(3)4/h6-8H,5H2,1-4H3,(H,12,13)/t8-/m0/s1. The number of carboxylic acids is 1. The maximum atomic E-state index is 10.7. The van der Waals surface area contributed by atoms with Crippen molar-refractivity contribution < 1.29 is 9.90 Å². The van der Waals surface area contributed by atoms with Gasteiger partial charge >= 0.3 is 5.97 Å². The van der Waals surface area contributed by atoms with Crippen LogP contribution in [-0.4, -0.2) is 42.5 Å².